The number of nitrogens with zero attached hydrogens (tertiary/aromatic N) is 1. The Labute approximate surface area is 141 Å². The van der Waals surface area contributed by atoms with Crippen LogP contribution in [0.15, 0.2) is 28.7 Å². The van der Waals surface area contributed by atoms with Crippen molar-refractivity contribution in [3.8, 4) is 0 Å². The van der Waals surface area contributed by atoms with Crippen molar-refractivity contribution in [1.29, 1.82) is 0 Å². The minimum absolute atomic E-state index is 0.242. The van der Waals surface area contributed by atoms with E-state index in [0.29, 0.717) is 12.0 Å². The van der Waals surface area contributed by atoms with Crippen LogP contribution in [0.25, 0.3) is 0 Å². The summed E-state index contributed by atoms with van der Waals surface area (Å²) in [5, 5.41) is 14.5. The van der Waals surface area contributed by atoms with Crippen LogP contribution in [0.3, 0.4) is 0 Å². The summed E-state index contributed by atoms with van der Waals surface area (Å²) in [6.45, 7) is -0.153. The third-order valence-electron chi connectivity index (χ3n) is 4.13. The molecule has 2 aliphatic heterocycles. The van der Waals surface area contributed by atoms with Crippen molar-refractivity contribution < 1.29 is 19.5 Å². The second kappa shape index (κ2) is 6.29. The second-order valence-electron chi connectivity index (χ2n) is 5.66. The number of amides is 3. The maximum Gasteiger partial charge on any atom is 0.251 e. The number of fused-ring (bicyclic) bond motifs is 1. The van der Waals surface area contributed by atoms with Crippen LogP contribution < -0.4 is 10.6 Å². The van der Waals surface area contributed by atoms with E-state index in [1.165, 1.54) is 4.90 Å². The lowest BCUT2D eigenvalue weighted by atomic mass is 10.1. The molecule has 2 heterocycles. The molecule has 0 spiro atoms. The van der Waals surface area contributed by atoms with Crippen LogP contribution in [-0.4, -0.2) is 59.0 Å². The molecule has 7 nitrogen and oxygen atoms in total. The van der Waals surface area contributed by atoms with E-state index in [1.807, 2.05) is 0 Å². The lowest BCUT2D eigenvalue weighted by Crippen LogP contribution is -2.62. The molecule has 0 bridgehead atoms. The third-order valence-corrected chi connectivity index (χ3v) is 4.65. The number of rotatable bonds is 3. The smallest absolute Gasteiger partial charge is 0.251 e. The number of aliphatic hydroxyl groups is 1. The molecule has 3 amide bonds. The molecule has 8 heteroatoms. The van der Waals surface area contributed by atoms with Gasteiger partial charge in [0.05, 0.1) is 6.61 Å². The summed E-state index contributed by atoms with van der Waals surface area (Å²) in [6, 6.07) is 5.18. The Balaban J connectivity index is 1.67. The van der Waals surface area contributed by atoms with Gasteiger partial charge in [0.1, 0.15) is 12.1 Å². The molecule has 2 fully saturated rings. The Morgan fingerprint density at radius 3 is 2.70 bits per heavy atom. The number of carbonyl (C=O) groups excluding carboxylic acids is 3. The molecule has 0 aliphatic carbocycles. The molecule has 1 aromatic carbocycles. The van der Waals surface area contributed by atoms with Crippen molar-refractivity contribution in [2.45, 2.75) is 24.5 Å². The van der Waals surface area contributed by atoms with Crippen molar-refractivity contribution in [1.82, 2.24) is 15.5 Å². The standard InChI is InChI=1S/C15H16BrN3O4/c16-9-3-1-8(2-4-9)13(21)17-10-5-12-14(22)18-11(7-20)15(23)19(12)6-10/h1-4,10-12,20H,5-7H2,(H,17,21)(H,18,22)/t10-,11-,12-/m0/s1. The zero-order valence-electron chi connectivity index (χ0n) is 12.2. The van der Waals surface area contributed by atoms with Gasteiger partial charge >= 0.3 is 0 Å². The maximum absolute atomic E-state index is 12.2. The lowest BCUT2D eigenvalue weighted by Gasteiger charge is -2.33. The van der Waals surface area contributed by atoms with Crippen LogP contribution in [0.4, 0.5) is 0 Å². The van der Waals surface area contributed by atoms with Gasteiger partial charge in [-0.15, -0.1) is 0 Å². The summed E-state index contributed by atoms with van der Waals surface area (Å²) in [4.78, 5) is 37.8. The van der Waals surface area contributed by atoms with Crippen molar-refractivity contribution >= 4 is 33.7 Å². The first kappa shape index (κ1) is 15.9. The highest BCUT2D eigenvalue weighted by atomic mass is 79.9. The molecule has 3 rings (SSSR count). The Bertz CT molecular complexity index is 649. The number of benzene rings is 1. The van der Waals surface area contributed by atoms with Crippen molar-refractivity contribution in [2.24, 2.45) is 0 Å². The first-order valence-corrected chi connectivity index (χ1v) is 8.07. The number of piperazine rings is 1. The summed E-state index contributed by atoms with van der Waals surface area (Å²) in [6.07, 6.45) is 0.373. The minimum atomic E-state index is -0.889. The SMILES string of the molecule is O=C(N[C@H]1C[C@H]2C(=O)N[C@@H](CO)C(=O)N2C1)c1ccc(Br)cc1. The van der Waals surface area contributed by atoms with Gasteiger partial charge in [0.25, 0.3) is 5.91 Å². The molecule has 0 unspecified atom stereocenters. The number of aliphatic hydroxyl groups excluding tert-OH is 1. The predicted molar refractivity (Wildman–Crippen MR) is 84.5 cm³/mol. The Hall–Kier alpha value is -1.93. The van der Waals surface area contributed by atoms with Gasteiger partial charge in [-0.3, -0.25) is 14.4 Å². The summed E-state index contributed by atoms with van der Waals surface area (Å²) < 4.78 is 0.879. The zero-order valence-corrected chi connectivity index (χ0v) is 13.7. The van der Waals surface area contributed by atoms with Crippen LogP contribution in [0.5, 0.6) is 0 Å². The van der Waals surface area contributed by atoms with Crippen LogP contribution in [-0.2, 0) is 9.59 Å². The average Bonchev–Trinajstić information content (AvgIpc) is 2.96. The fourth-order valence-electron chi connectivity index (χ4n) is 2.96. The molecule has 0 aromatic heterocycles. The Morgan fingerprint density at radius 1 is 1.35 bits per heavy atom. The average molecular weight is 382 g/mol. The first-order chi connectivity index (χ1) is 11.0. The molecule has 3 N–H and O–H groups in total. The molecular weight excluding hydrogens is 366 g/mol. The van der Waals surface area contributed by atoms with E-state index in [4.69, 9.17) is 5.11 Å². The summed E-state index contributed by atoms with van der Waals surface area (Å²) >= 11 is 3.31. The van der Waals surface area contributed by atoms with E-state index < -0.39 is 18.7 Å². The van der Waals surface area contributed by atoms with Gasteiger partial charge in [-0.2, -0.15) is 0 Å². The lowest BCUT2D eigenvalue weighted by molar-refractivity contribution is -0.148. The molecule has 2 aliphatic rings. The maximum atomic E-state index is 12.2. The molecule has 23 heavy (non-hydrogen) atoms. The van der Waals surface area contributed by atoms with Gasteiger partial charge in [-0.05, 0) is 30.7 Å². The highest BCUT2D eigenvalue weighted by Crippen LogP contribution is 2.23. The van der Waals surface area contributed by atoms with Gasteiger partial charge in [0.15, 0.2) is 0 Å². The topological polar surface area (TPSA) is 98.7 Å². The normalized spacial score (nSPS) is 26.7. The molecule has 2 saturated heterocycles. The van der Waals surface area contributed by atoms with E-state index in [2.05, 4.69) is 26.6 Å². The molecule has 0 saturated carbocycles. The first-order valence-electron chi connectivity index (χ1n) is 7.27. The van der Waals surface area contributed by atoms with Gasteiger partial charge in [0.2, 0.25) is 11.8 Å². The van der Waals surface area contributed by atoms with E-state index in [1.54, 1.807) is 24.3 Å². The van der Waals surface area contributed by atoms with Crippen LogP contribution >= 0.6 is 15.9 Å². The quantitative estimate of drug-likeness (QED) is 0.665. The monoisotopic (exact) mass is 381 g/mol. The van der Waals surface area contributed by atoms with Crippen molar-refractivity contribution in [2.75, 3.05) is 13.2 Å². The highest BCUT2D eigenvalue weighted by Gasteiger charge is 2.46. The minimum Gasteiger partial charge on any atom is -0.394 e. The largest absolute Gasteiger partial charge is 0.394 e. The predicted octanol–water partition coefficient (Wildman–Crippen LogP) is -0.361. The fraction of sp³-hybridized carbons (Fsp3) is 0.400. The van der Waals surface area contributed by atoms with E-state index in [9.17, 15) is 14.4 Å². The Morgan fingerprint density at radius 2 is 2.04 bits per heavy atom. The third kappa shape index (κ3) is 3.09. The Kier molecular flexibility index (Phi) is 4.36. The van der Waals surface area contributed by atoms with Crippen LogP contribution in [0, 0.1) is 0 Å². The molecule has 0 radical (unpaired) electrons. The summed E-state index contributed by atoms with van der Waals surface area (Å²) in [5.74, 6) is -0.838. The molecular formula is C15H16BrN3O4. The highest BCUT2D eigenvalue weighted by molar-refractivity contribution is 9.10. The molecule has 1 aromatic rings. The zero-order chi connectivity index (χ0) is 16.6. The van der Waals surface area contributed by atoms with E-state index >= 15 is 0 Å². The number of hydrogen-bond acceptors (Lipinski definition) is 4. The second-order valence-corrected chi connectivity index (χ2v) is 6.58. The van der Waals surface area contributed by atoms with Gasteiger partial charge in [-0.25, -0.2) is 0 Å². The molecule has 3 atom stereocenters. The van der Waals surface area contributed by atoms with Crippen LogP contribution in [0.1, 0.15) is 16.8 Å². The van der Waals surface area contributed by atoms with E-state index in [0.717, 1.165) is 4.47 Å². The fourth-order valence-corrected chi connectivity index (χ4v) is 3.22. The number of hydrogen-bond donors (Lipinski definition) is 3. The van der Waals surface area contributed by atoms with Gasteiger partial charge < -0.3 is 20.6 Å². The number of carbonyl (C=O) groups is 3. The van der Waals surface area contributed by atoms with E-state index in [-0.39, 0.29) is 30.3 Å². The van der Waals surface area contributed by atoms with Crippen LogP contribution in [0.2, 0.25) is 0 Å². The number of halogens is 1. The summed E-state index contributed by atoms with van der Waals surface area (Å²) in [5.41, 5.74) is 0.516. The summed E-state index contributed by atoms with van der Waals surface area (Å²) in [7, 11) is 0. The van der Waals surface area contributed by atoms with Crippen molar-refractivity contribution in [3.63, 3.8) is 0 Å². The molecule has 122 valence electrons. The van der Waals surface area contributed by atoms with Gasteiger partial charge in [0, 0.05) is 22.6 Å². The number of nitrogens with one attached hydrogen (secondary N) is 2. The van der Waals surface area contributed by atoms with Gasteiger partial charge in [-0.1, -0.05) is 15.9 Å². The van der Waals surface area contributed by atoms with Crippen molar-refractivity contribution in [3.05, 3.63) is 34.3 Å².